The molecule has 1 saturated carbocycles. The molecule has 1 aliphatic rings. The van der Waals surface area contributed by atoms with Gasteiger partial charge in [-0.25, -0.2) is 4.68 Å². The lowest BCUT2D eigenvalue weighted by molar-refractivity contribution is 0.451. The van der Waals surface area contributed by atoms with Crippen LogP contribution in [0.1, 0.15) is 18.4 Å². The molecule has 1 aliphatic carbocycles. The van der Waals surface area contributed by atoms with E-state index >= 15 is 0 Å². The van der Waals surface area contributed by atoms with Crippen LogP contribution in [-0.2, 0) is 0 Å². The maximum atomic E-state index is 10.2. The quantitative estimate of drug-likeness (QED) is 0.706. The van der Waals surface area contributed by atoms with Crippen LogP contribution in [-0.4, -0.2) is 27.1 Å². The van der Waals surface area contributed by atoms with Crippen LogP contribution in [0.2, 0.25) is 0 Å². The van der Waals surface area contributed by atoms with Crippen LogP contribution in [0.15, 0.2) is 64.0 Å². The Hall–Kier alpha value is -2.86. The molecular formula is C19H17N3O2S. The van der Waals surface area contributed by atoms with Crippen molar-refractivity contribution in [2.45, 2.75) is 18.9 Å². The number of hydrogen-bond acceptors (Lipinski definition) is 5. The van der Waals surface area contributed by atoms with Crippen molar-refractivity contribution in [3.63, 3.8) is 0 Å². The van der Waals surface area contributed by atoms with Gasteiger partial charge in [-0.05, 0) is 30.5 Å². The van der Waals surface area contributed by atoms with E-state index in [2.05, 4.69) is 5.10 Å². The van der Waals surface area contributed by atoms with Crippen molar-refractivity contribution in [2.75, 3.05) is 0 Å². The standard InChI is InChI=1S/C19H17N3O2S/c23-15-8-9-16(18(24)10-15)17-12-25-19(21-14-6-7-14)22(17)20-11-13-4-2-1-3-5-13/h1-5,8-12,14,23-24H,6-7H2. The number of aromatic nitrogens is 1. The highest BCUT2D eigenvalue weighted by molar-refractivity contribution is 7.07. The summed E-state index contributed by atoms with van der Waals surface area (Å²) in [5, 5.41) is 26.3. The number of benzene rings is 2. The van der Waals surface area contributed by atoms with Crippen LogP contribution in [0.25, 0.3) is 11.3 Å². The third kappa shape index (κ3) is 3.49. The molecule has 1 heterocycles. The first kappa shape index (κ1) is 15.7. The summed E-state index contributed by atoms with van der Waals surface area (Å²) < 4.78 is 1.75. The Morgan fingerprint density at radius 2 is 1.88 bits per heavy atom. The molecule has 25 heavy (non-hydrogen) atoms. The van der Waals surface area contributed by atoms with E-state index in [1.807, 2.05) is 35.7 Å². The third-order valence-corrected chi connectivity index (χ3v) is 4.73. The van der Waals surface area contributed by atoms with Gasteiger partial charge in [0, 0.05) is 17.0 Å². The third-order valence-electron chi connectivity index (χ3n) is 3.90. The van der Waals surface area contributed by atoms with Crippen LogP contribution in [0, 0.1) is 0 Å². The van der Waals surface area contributed by atoms with E-state index in [0.717, 1.165) is 28.9 Å². The van der Waals surface area contributed by atoms with Crippen molar-refractivity contribution in [2.24, 2.45) is 10.1 Å². The zero-order valence-corrected chi connectivity index (χ0v) is 14.2. The average molecular weight is 351 g/mol. The Labute approximate surface area is 148 Å². The van der Waals surface area contributed by atoms with Gasteiger partial charge in [0.05, 0.1) is 18.0 Å². The molecule has 0 unspecified atom stereocenters. The van der Waals surface area contributed by atoms with Crippen molar-refractivity contribution in [1.29, 1.82) is 0 Å². The molecule has 126 valence electrons. The molecule has 2 aromatic carbocycles. The van der Waals surface area contributed by atoms with Gasteiger partial charge in [0.2, 0.25) is 4.80 Å². The molecule has 4 rings (SSSR count). The van der Waals surface area contributed by atoms with Crippen LogP contribution >= 0.6 is 11.3 Å². The van der Waals surface area contributed by atoms with E-state index in [-0.39, 0.29) is 11.5 Å². The molecule has 6 heteroatoms. The van der Waals surface area contributed by atoms with Crippen molar-refractivity contribution < 1.29 is 10.2 Å². The number of phenols is 2. The van der Waals surface area contributed by atoms with E-state index in [1.54, 1.807) is 23.0 Å². The normalized spacial score (nSPS) is 15.1. The first-order valence-electron chi connectivity index (χ1n) is 8.07. The van der Waals surface area contributed by atoms with Crippen molar-refractivity contribution in [3.05, 3.63) is 64.3 Å². The van der Waals surface area contributed by atoms with Gasteiger partial charge in [0.1, 0.15) is 11.5 Å². The van der Waals surface area contributed by atoms with Gasteiger partial charge in [0.25, 0.3) is 0 Å². The molecule has 0 radical (unpaired) electrons. The highest BCUT2D eigenvalue weighted by Crippen LogP contribution is 2.32. The number of hydrogen-bond donors (Lipinski definition) is 2. The van der Waals surface area contributed by atoms with Gasteiger partial charge in [0.15, 0.2) is 0 Å². The summed E-state index contributed by atoms with van der Waals surface area (Å²) in [4.78, 5) is 5.52. The zero-order chi connectivity index (χ0) is 17.2. The summed E-state index contributed by atoms with van der Waals surface area (Å²) in [7, 11) is 0. The summed E-state index contributed by atoms with van der Waals surface area (Å²) in [5.41, 5.74) is 2.34. The van der Waals surface area contributed by atoms with Crippen molar-refractivity contribution in [1.82, 2.24) is 4.68 Å². The largest absolute Gasteiger partial charge is 0.508 e. The van der Waals surface area contributed by atoms with Gasteiger partial charge in [-0.1, -0.05) is 30.3 Å². The predicted octanol–water partition coefficient (Wildman–Crippen LogP) is 3.57. The SMILES string of the molecule is Oc1ccc(-c2csc(=NC3CC3)n2N=Cc2ccccc2)c(O)c1. The average Bonchev–Trinajstić information content (AvgIpc) is 3.34. The van der Waals surface area contributed by atoms with E-state index in [4.69, 9.17) is 4.99 Å². The van der Waals surface area contributed by atoms with Gasteiger partial charge in [-0.2, -0.15) is 5.10 Å². The predicted molar refractivity (Wildman–Crippen MR) is 99.1 cm³/mol. The minimum absolute atomic E-state index is 0.0134. The fourth-order valence-corrected chi connectivity index (χ4v) is 3.34. The fourth-order valence-electron chi connectivity index (χ4n) is 2.45. The molecule has 0 atom stereocenters. The number of phenolic OH excluding ortho intramolecular Hbond substituents is 2. The molecule has 0 amide bonds. The highest BCUT2D eigenvalue weighted by Gasteiger charge is 2.21. The topological polar surface area (TPSA) is 70.1 Å². The summed E-state index contributed by atoms with van der Waals surface area (Å²) in [6.45, 7) is 0. The van der Waals surface area contributed by atoms with Gasteiger partial charge in [-0.15, -0.1) is 11.3 Å². The molecule has 0 saturated heterocycles. The van der Waals surface area contributed by atoms with Crippen LogP contribution in [0.4, 0.5) is 0 Å². The van der Waals surface area contributed by atoms with Gasteiger partial charge < -0.3 is 10.2 Å². The molecule has 0 bridgehead atoms. The molecule has 3 aromatic rings. The van der Waals surface area contributed by atoms with E-state index in [9.17, 15) is 10.2 Å². The minimum atomic E-state index is 0.0134. The molecule has 2 N–H and O–H groups in total. The highest BCUT2D eigenvalue weighted by atomic mass is 32.1. The molecule has 0 aliphatic heterocycles. The second kappa shape index (κ2) is 6.57. The van der Waals surface area contributed by atoms with E-state index in [1.165, 1.54) is 17.4 Å². The Kier molecular flexibility index (Phi) is 4.11. The Balaban J connectivity index is 1.82. The molecule has 1 aromatic heterocycles. The molecule has 0 spiro atoms. The maximum Gasteiger partial charge on any atom is 0.206 e. The Bertz CT molecular complexity index is 985. The lowest BCUT2D eigenvalue weighted by atomic mass is 10.1. The van der Waals surface area contributed by atoms with Crippen LogP contribution in [0.5, 0.6) is 11.5 Å². The fraction of sp³-hybridized carbons (Fsp3) is 0.158. The number of rotatable bonds is 4. The lowest BCUT2D eigenvalue weighted by Gasteiger charge is -2.06. The Morgan fingerprint density at radius 1 is 1.08 bits per heavy atom. The summed E-state index contributed by atoms with van der Waals surface area (Å²) in [6, 6.07) is 14.8. The van der Waals surface area contributed by atoms with Crippen molar-refractivity contribution >= 4 is 17.6 Å². The lowest BCUT2D eigenvalue weighted by Crippen LogP contribution is -2.13. The number of thiazole rings is 1. The van der Waals surface area contributed by atoms with Crippen molar-refractivity contribution in [3.8, 4) is 22.8 Å². The number of nitrogens with zero attached hydrogens (tertiary/aromatic N) is 3. The molecule has 1 fully saturated rings. The monoisotopic (exact) mass is 351 g/mol. The second-order valence-electron chi connectivity index (χ2n) is 5.93. The second-order valence-corrected chi connectivity index (χ2v) is 6.77. The first-order chi connectivity index (χ1) is 12.2. The summed E-state index contributed by atoms with van der Waals surface area (Å²) in [6.07, 6.45) is 4.00. The number of aromatic hydroxyl groups is 2. The first-order valence-corrected chi connectivity index (χ1v) is 8.95. The van der Waals surface area contributed by atoms with E-state index in [0.29, 0.717) is 11.6 Å². The summed E-state index contributed by atoms with van der Waals surface area (Å²) in [5.74, 6) is 0.0399. The minimum Gasteiger partial charge on any atom is -0.508 e. The van der Waals surface area contributed by atoms with Crippen LogP contribution in [0.3, 0.4) is 0 Å². The van der Waals surface area contributed by atoms with Crippen LogP contribution < -0.4 is 4.80 Å². The Morgan fingerprint density at radius 3 is 2.60 bits per heavy atom. The smallest absolute Gasteiger partial charge is 0.206 e. The van der Waals surface area contributed by atoms with Gasteiger partial charge in [-0.3, -0.25) is 4.99 Å². The van der Waals surface area contributed by atoms with E-state index < -0.39 is 0 Å². The van der Waals surface area contributed by atoms with Gasteiger partial charge >= 0.3 is 0 Å². The zero-order valence-electron chi connectivity index (χ0n) is 13.4. The molecule has 5 nitrogen and oxygen atoms in total. The maximum absolute atomic E-state index is 10.2. The summed E-state index contributed by atoms with van der Waals surface area (Å²) >= 11 is 1.50. The molecular weight excluding hydrogens is 334 g/mol.